The van der Waals surface area contributed by atoms with Gasteiger partial charge in [-0.05, 0) is 67.6 Å². The van der Waals surface area contributed by atoms with Crippen LogP contribution in [-0.2, 0) is 16.1 Å². The summed E-state index contributed by atoms with van der Waals surface area (Å²) in [5.41, 5.74) is 5.63. The van der Waals surface area contributed by atoms with Crippen molar-refractivity contribution in [3.8, 4) is 0 Å². The quantitative estimate of drug-likeness (QED) is 0.223. The van der Waals surface area contributed by atoms with E-state index in [2.05, 4.69) is 47.9 Å². The molecule has 1 saturated heterocycles. The van der Waals surface area contributed by atoms with Crippen molar-refractivity contribution in [1.82, 2.24) is 9.47 Å². The maximum absolute atomic E-state index is 13.4. The van der Waals surface area contributed by atoms with Crippen LogP contribution >= 0.6 is 11.8 Å². The molecule has 37 heavy (non-hydrogen) atoms. The van der Waals surface area contributed by atoms with E-state index in [-0.39, 0.29) is 5.91 Å². The number of aromatic nitrogens is 1. The summed E-state index contributed by atoms with van der Waals surface area (Å²) >= 11 is 1.37. The van der Waals surface area contributed by atoms with Gasteiger partial charge in [-0.1, -0.05) is 48.5 Å². The molecule has 6 nitrogen and oxygen atoms in total. The third-order valence-electron chi connectivity index (χ3n) is 6.46. The van der Waals surface area contributed by atoms with E-state index in [1.54, 1.807) is 29.2 Å². The fourth-order valence-corrected chi connectivity index (χ4v) is 5.56. The normalized spacial score (nSPS) is 15.8. The van der Waals surface area contributed by atoms with Crippen LogP contribution in [0.25, 0.3) is 17.0 Å². The summed E-state index contributed by atoms with van der Waals surface area (Å²) in [4.78, 5) is 32.1. The van der Waals surface area contributed by atoms with Gasteiger partial charge in [-0.3, -0.25) is 9.69 Å². The zero-order chi connectivity index (χ0) is 25.9. The molecule has 0 radical (unpaired) electrons. The molecule has 4 aromatic rings. The molecule has 186 valence electrons. The monoisotopic (exact) mass is 509 g/mol. The average molecular weight is 510 g/mol. The van der Waals surface area contributed by atoms with Crippen LogP contribution in [0, 0.1) is 6.92 Å². The molecule has 0 aliphatic carbocycles. The molecule has 7 heteroatoms. The second kappa shape index (κ2) is 10.5. The minimum Gasteiger partial charge on any atom is -0.465 e. The third kappa shape index (κ3) is 4.82. The van der Waals surface area contributed by atoms with Crippen molar-refractivity contribution >= 4 is 51.5 Å². The van der Waals surface area contributed by atoms with Crippen molar-refractivity contribution in [2.75, 3.05) is 13.7 Å². The number of nitrogens with zero attached hydrogens (tertiary/aromatic N) is 3. The van der Waals surface area contributed by atoms with Crippen LogP contribution in [0.2, 0.25) is 0 Å². The Morgan fingerprint density at radius 2 is 1.70 bits per heavy atom. The molecule has 1 aromatic heterocycles. The number of carbonyl (C=O) groups excluding carboxylic acids is 2. The molecule has 0 N–H and O–H groups in total. The number of ether oxygens (including phenoxy) is 1. The van der Waals surface area contributed by atoms with Crippen LogP contribution < -0.4 is 0 Å². The summed E-state index contributed by atoms with van der Waals surface area (Å²) in [5, 5.41) is 1.74. The van der Waals surface area contributed by atoms with Gasteiger partial charge in [0, 0.05) is 35.2 Å². The number of esters is 1. The predicted octanol–water partition coefficient (Wildman–Crippen LogP) is 6.41. The van der Waals surface area contributed by atoms with Crippen molar-refractivity contribution in [3.63, 3.8) is 0 Å². The smallest absolute Gasteiger partial charge is 0.337 e. The van der Waals surface area contributed by atoms with Crippen LogP contribution in [0.4, 0.5) is 5.69 Å². The molecule has 1 fully saturated rings. The van der Waals surface area contributed by atoms with E-state index in [4.69, 9.17) is 9.73 Å². The zero-order valence-electron chi connectivity index (χ0n) is 21.0. The van der Waals surface area contributed by atoms with Crippen molar-refractivity contribution in [2.24, 2.45) is 4.99 Å². The molecule has 0 unspecified atom stereocenters. The number of benzene rings is 3. The van der Waals surface area contributed by atoms with Gasteiger partial charge < -0.3 is 9.30 Å². The summed E-state index contributed by atoms with van der Waals surface area (Å²) in [6.45, 7) is 5.31. The van der Waals surface area contributed by atoms with Gasteiger partial charge in [-0.25, -0.2) is 9.79 Å². The first-order valence-corrected chi connectivity index (χ1v) is 12.9. The summed E-state index contributed by atoms with van der Waals surface area (Å²) in [6, 6.07) is 25.5. The molecule has 0 atom stereocenters. The number of para-hydroxylation sites is 1. The Balaban J connectivity index is 1.51. The van der Waals surface area contributed by atoms with E-state index < -0.39 is 5.97 Å². The van der Waals surface area contributed by atoms with Gasteiger partial charge in [0.05, 0.1) is 23.3 Å². The van der Waals surface area contributed by atoms with Crippen LogP contribution in [-0.4, -0.2) is 40.2 Å². The van der Waals surface area contributed by atoms with Gasteiger partial charge in [0.2, 0.25) is 0 Å². The van der Waals surface area contributed by atoms with E-state index in [9.17, 15) is 9.59 Å². The lowest BCUT2D eigenvalue weighted by Gasteiger charge is -2.12. The molecule has 5 rings (SSSR count). The fraction of sp³-hybridized carbons (Fsp3) is 0.167. The zero-order valence-corrected chi connectivity index (χ0v) is 21.8. The Labute approximate surface area is 220 Å². The molecular formula is C30H27N3O3S. The number of thioether (sulfide) groups is 1. The number of carbonyl (C=O) groups is 2. The predicted molar refractivity (Wildman–Crippen MR) is 150 cm³/mol. The van der Waals surface area contributed by atoms with E-state index >= 15 is 0 Å². The van der Waals surface area contributed by atoms with Gasteiger partial charge in [-0.15, -0.1) is 0 Å². The second-order valence-corrected chi connectivity index (χ2v) is 9.69. The average Bonchev–Trinajstić information content (AvgIpc) is 3.37. The molecule has 0 saturated carbocycles. The number of amidine groups is 1. The summed E-state index contributed by atoms with van der Waals surface area (Å²) in [7, 11) is 1.35. The maximum Gasteiger partial charge on any atom is 0.337 e. The van der Waals surface area contributed by atoms with Gasteiger partial charge in [0.25, 0.3) is 5.91 Å². The van der Waals surface area contributed by atoms with Gasteiger partial charge in [0.1, 0.15) is 0 Å². The Hall–Kier alpha value is -4.10. The summed E-state index contributed by atoms with van der Waals surface area (Å²) in [5.74, 6) is -0.455. The number of fused-ring (bicyclic) bond motifs is 1. The third-order valence-corrected chi connectivity index (χ3v) is 7.46. The molecule has 2 heterocycles. The van der Waals surface area contributed by atoms with E-state index in [0.29, 0.717) is 27.9 Å². The Morgan fingerprint density at radius 1 is 1.00 bits per heavy atom. The minimum atomic E-state index is -0.396. The molecule has 1 aliphatic heterocycles. The number of rotatable bonds is 6. The Morgan fingerprint density at radius 3 is 2.41 bits per heavy atom. The summed E-state index contributed by atoms with van der Waals surface area (Å²) in [6.07, 6.45) is 2.00. The molecule has 1 amide bonds. The standard InChI is InChI=1S/C30H27N3O3S/c1-4-32-28(34)27(37-30(32)31-23-16-14-22(15-17-23)29(35)36-3)18-25-20(2)33(19-21-10-6-5-7-11-21)26-13-9-8-12-24(25)26/h5-18H,4,19H2,1-3H3/b27-18+,31-30?. The maximum atomic E-state index is 13.4. The fourth-order valence-electron chi connectivity index (χ4n) is 4.51. The first-order chi connectivity index (χ1) is 18.0. The minimum absolute atomic E-state index is 0.0586. The lowest BCUT2D eigenvalue weighted by atomic mass is 10.1. The lowest BCUT2D eigenvalue weighted by Crippen LogP contribution is -2.28. The number of hydrogen-bond donors (Lipinski definition) is 0. The molecule has 0 spiro atoms. The van der Waals surface area contributed by atoms with E-state index in [1.807, 2.05) is 31.2 Å². The number of amides is 1. The second-order valence-electron chi connectivity index (χ2n) is 8.68. The van der Waals surface area contributed by atoms with Crippen molar-refractivity contribution in [3.05, 3.63) is 106 Å². The number of likely N-dealkylation sites (N-methyl/N-ethyl adjacent to an activating group) is 1. The largest absolute Gasteiger partial charge is 0.465 e. The number of hydrogen-bond acceptors (Lipinski definition) is 5. The number of methoxy groups -OCH3 is 1. The highest BCUT2D eigenvalue weighted by atomic mass is 32.2. The lowest BCUT2D eigenvalue weighted by molar-refractivity contribution is -0.122. The van der Waals surface area contributed by atoms with Crippen LogP contribution in [0.5, 0.6) is 0 Å². The Kier molecular flexibility index (Phi) is 6.97. The first-order valence-electron chi connectivity index (χ1n) is 12.1. The van der Waals surface area contributed by atoms with Gasteiger partial charge in [-0.2, -0.15) is 0 Å². The first kappa shape index (κ1) is 24.6. The molecule has 0 bridgehead atoms. The highest BCUT2D eigenvalue weighted by Gasteiger charge is 2.32. The van der Waals surface area contributed by atoms with Crippen LogP contribution in [0.1, 0.15) is 34.1 Å². The molecular weight excluding hydrogens is 482 g/mol. The van der Waals surface area contributed by atoms with Crippen molar-refractivity contribution in [2.45, 2.75) is 20.4 Å². The van der Waals surface area contributed by atoms with Crippen molar-refractivity contribution in [1.29, 1.82) is 0 Å². The van der Waals surface area contributed by atoms with Crippen LogP contribution in [0.15, 0.2) is 88.8 Å². The highest BCUT2D eigenvalue weighted by Crippen LogP contribution is 2.37. The molecule has 1 aliphatic rings. The van der Waals surface area contributed by atoms with Gasteiger partial charge in [0.15, 0.2) is 5.17 Å². The van der Waals surface area contributed by atoms with Gasteiger partial charge >= 0.3 is 5.97 Å². The van der Waals surface area contributed by atoms with Crippen LogP contribution in [0.3, 0.4) is 0 Å². The number of aliphatic imine (C=N–C) groups is 1. The topological polar surface area (TPSA) is 63.9 Å². The Bertz CT molecular complexity index is 1540. The summed E-state index contributed by atoms with van der Waals surface area (Å²) < 4.78 is 7.07. The van der Waals surface area contributed by atoms with Crippen molar-refractivity contribution < 1.29 is 14.3 Å². The van der Waals surface area contributed by atoms with E-state index in [1.165, 1.54) is 24.4 Å². The SMILES string of the molecule is CCN1C(=O)/C(=C\c2c(C)n(Cc3ccccc3)c3ccccc23)SC1=Nc1ccc(C(=O)OC)cc1. The van der Waals surface area contributed by atoms with E-state index in [0.717, 1.165) is 28.7 Å². The molecule has 3 aromatic carbocycles. The highest BCUT2D eigenvalue weighted by molar-refractivity contribution is 8.18.